The van der Waals surface area contributed by atoms with Crippen LogP contribution < -0.4 is 5.32 Å². The van der Waals surface area contributed by atoms with Gasteiger partial charge in [-0.15, -0.1) is 0 Å². The molecule has 1 aromatic heterocycles. The van der Waals surface area contributed by atoms with Crippen LogP contribution in [0.1, 0.15) is 31.7 Å². The summed E-state index contributed by atoms with van der Waals surface area (Å²) in [6, 6.07) is 2.68. The minimum atomic E-state index is -0.0257. The standard InChI is InChI=1S/C14H20N6O/c1-16-14(17-6-7-21)19-12-9-18-20(10-12)13-4-2-11(8-15)3-5-13/h9-11,13,21H,1-7H2,(H,17,19). The summed E-state index contributed by atoms with van der Waals surface area (Å²) in [5, 5.41) is 25.1. The first-order valence-electron chi connectivity index (χ1n) is 7.09. The lowest BCUT2D eigenvalue weighted by Gasteiger charge is -2.24. The largest absolute Gasteiger partial charge is 0.394 e. The molecule has 21 heavy (non-hydrogen) atoms. The van der Waals surface area contributed by atoms with E-state index >= 15 is 0 Å². The van der Waals surface area contributed by atoms with Crippen molar-refractivity contribution in [1.82, 2.24) is 9.78 Å². The number of aliphatic hydroxyl groups excluding tert-OH is 1. The monoisotopic (exact) mass is 288 g/mol. The third-order valence-electron chi connectivity index (χ3n) is 3.62. The van der Waals surface area contributed by atoms with E-state index in [9.17, 15) is 0 Å². The number of anilines is 1. The zero-order valence-electron chi connectivity index (χ0n) is 11.9. The second-order valence-corrected chi connectivity index (χ2v) is 5.06. The highest BCUT2D eigenvalue weighted by Crippen LogP contribution is 2.31. The fourth-order valence-corrected chi connectivity index (χ4v) is 2.49. The predicted octanol–water partition coefficient (Wildman–Crippen LogP) is 1.60. The van der Waals surface area contributed by atoms with E-state index in [1.54, 1.807) is 6.20 Å². The van der Waals surface area contributed by atoms with Gasteiger partial charge in [0.25, 0.3) is 0 Å². The molecule has 0 radical (unpaired) electrons. The van der Waals surface area contributed by atoms with Gasteiger partial charge >= 0.3 is 0 Å². The molecular formula is C14H20N6O. The SMILES string of the molecule is C=NC(=NCCO)Nc1cnn(C2CCC(C#N)CC2)c1. The van der Waals surface area contributed by atoms with Crippen LogP contribution in [0.4, 0.5) is 5.69 Å². The number of nitrogens with zero attached hydrogens (tertiary/aromatic N) is 5. The number of nitrogens with one attached hydrogen (secondary N) is 1. The van der Waals surface area contributed by atoms with Crippen LogP contribution in [0.3, 0.4) is 0 Å². The number of aromatic nitrogens is 2. The Morgan fingerprint density at radius 1 is 1.52 bits per heavy atom. The number of hydrogen-bond donors (Lipinski definition) is 2. The number of rotatable bonds is 4. The molecule has 0 aromatic carbocycles. The molecule has 7 heteroatoms. The van der Waals surface area contributed by atoms with Gasteiger partial charge in [0, 0.05) is 12.1 Å². The maximum atomic E-state index is 8.92. The molecule has 1 saturated carbocycles. The van der Waals surface area contributed by atoms with Gasteiger partial charge in [-0.3, -0.25) is 4.68 Å². The van der Waals surface area contributed by atoms with Crippen molar-refractivity contribution in [2.75, 3.05) is 18.5 Å². The maximum absolute atomic E-state index is 8.92. The van der Waals surface area contributed by atoms with Crippen molar-refractivity contribution in [3.63, 3.8) is 0 Å². The summed E-state index contributed by atoms with van der Waals surface area (Å²) in [4.78, 5) is 7.82. The molecule has 2 N–H and O–H groups in total. The summed E-state index contributed by atoms with van der Waals surface area (Å²) in [6.45, 7) is 3.70. The molecule has 1 aromatic rings. The fraction of sp³-hybridized carbons (Fsp3) is 0.571. The maximum Gasteiger partial charge on any atom is 0.222 e. The van der Waals surface area contributed by atoms with Gasteiger partial charge in [0.15, 0.2) is 0 Å². The summed E-state index contributed by atoms with van der Waals surface area (Å²) < 4.78 is 1.93. The van der Waals surface area contributed by atoms with Gasteiger partial charge in [0.2, 0.25) is 5.96 Å². The Labute approximate surface area is 124 Å². The zero-order valence-corrected chi connectivity index (χ0v) is 11.9. The Bertz CT molecular complexity index is 536. The fourth-order valence-electron chi connectivity index (χ4n) is 2.49. The number of nitriles is 1. The second-order valence-electron chi connectivity index (χ2n) is 5.06. The lowest BCUT2D eigenvalue weighted by atomic mass is 9.87. The van der Waals surface area contributed by atoms with Crippen molar-refractivity contribution in [2.24, 2.45) is 15.9 Å². The van der Waals surface area contributed by atoms with Crippen molar-refractivity contribution in [3.05, 3.63) is 12.4 Å². The van der Waals surface area contributed by atoms with Crippen molar-refractivity contribution >= 4 is 18.4 Å². The van der Waals surface area contributed by atoms with Crippen LogP contribution >= 0.6 is 0 Å². The lowest BCUT2D eigenvalue weighted by Crippen LogP contribution is -2.17. The Hall–Kier alpha value is -2.20. The molecule has 2 rings (SSSR count). The Kier molecular flexibility index (Phi) is 5.46. The van der Waals surface area contributed by atoms with Gasteiger partial charge in [0.05, 0.1) is 37.1 Å². The van der Waals surface area contributed by atoms with Crippen LogP contribution in [0.25, 0.3) is 0 Å². The third-order valence-corrected chi connectivity index (χ3v) is 3.62. The van der Waals surface area contributed by atoms with Gasteiger partial charge in [-0.05, 0) is 32.4 Å². The molecule has 0 atom stereocenters. The van der Waals surface area contributed by atoms with E-state index in [-0.39, 0.29) is 19.1 Å². The molecule has 0 bridgehead atoms. The van der Waals surface area contributed by atoms with E-state index in [2.05, 4.69) is 33.2 Å². The Morgan fingerprint density at radius 3 is 2.90 bits per heavy atom. The lowest BCUT2D eigenvalue weighted by molar-refractivity contribution is 0.294. The first-order chi connectivity index (χ1) is 10.3. The molecule has 0 saturated heterocycles. The van der Waals surface area contributed by atoms with E-state index < -0.39 is 0 Å². The van der Waals surface area contributed by atoms with Crippen molar-refractivity contribution in [1.29, 1.82) is 5.26 Å². The number of hydrogen-bond acceptors (Lipinski definition) is 4. The number of aliphatic imine (C=N–C) groups is 2. The van der Waals surface area contributed by atoms with E-state index in [1.807, 2.05) is 10.9 Å². The number of guanidine groups is 1. The van der Waals surface area contributed by atoms with Crippen LogP contribution in [0, 0.1) is 17.2 Å². The minimum absolute atomic E-state index is 0.0257. The summed E-state index contributed by atoms with van der Waals surface area (Å²) in [5.74, 6) is 0.563. The summed E-state index contributed by atoms with van der Waals surface area (Å²) in [7, 11) is 0. The Morgan fingerprint density at radius 2 is 2.29 bits per heavy atom. The van der Waals surface area contributed by atoms with Crippen molar-refractivity contribution in [2.45, 2.75) is 31.7 Å². The first kappa shape index (κ1) is 15.2. The Balaban J connectivity index is 1.95. The molecule has 112 valence electrons. The van der Waals surface area contributed by atoms with Crippen LogP contribution in [-0.2, 0) is 0 Å². The van der Waals surface area contributed by atoms with E-state index in [0.29, 0.717) is 12.0 Å². The van der Waals surface area contributed by atoms with Gasteiger partial charge < -0.3 is 10.4 Å². The van der Waals surface area contributed by atoms with Crippen molar-refractivity contribution in [3.8, 4) is 6.07 Å². The van der Waals surface area contributed by atoms with Crippen molar-refractivity contribution < 1.29 is 5.11 Å². The number of aliphatic hydroxyl groups is 1. The van der Waals surface area contributed by atoms with Gasteiger partial charge in [-0.2, -0.15) is 10.4 Å². The quantitative estimate of drug-likeness (QED) is 0.649. The second kappa shape index (κ2) is 7.55. The average Bonchev–Trinajstić information content (AvgIpc) is 3.00. The van der Waals surface area contributed by atoms with E-state index in [4.69, 9.17) is 10.4 Å². The smallest absolute Gasteiger partial charge is 0.222 e. The first-order valence-corrected chi connectivity index (χ1v) is 7.09. The average molecular weight is 288 g/mol. The predicted molar refractivity (Wildman–Crippen MR) is 81.4 cm³/mol. The van der Waals surface area contributed by atoms with Crippen LogP contribution in [0.5, 0.6) is 0 Å². The minimum Gasteiger partial charge on any atom is -0.394 e. The van der Waals surface area contributed by atoms with Crippen LogP contribution in [0.2, 0.25) is 0 Å². The molecule has 0 amide bonds. The molecule has 1 heterocycles. The molecule has 1 aliphatic carbocycles. The molecule has 7 nitrogen and oxygen atoms in total. The molecule has 1 fully saturated rings. The van der Waals surface area contributed by atoms with Crippen LogP contribution in [0.15, 0.2) is 22.4 Å². The third kappa shape index (κ3) is 4.13. The van der Waals surface area contributed by atoms with Crippen LogP contribution in [-0.4, -0.2) is 40.7 Å². The molecule has 0 spiro atoms. The topological polar surface area (TPSA) is 98.6 Å². The van der Waals surface area contributed by atoms with E-state index in [0.717, 1.165) is 31.4 Å². The normalized spacial score (nSPS) is 22.6. The highest BCUT2D eigenvalue weighted by Gasteiger charge is 2.22. The molecule has 0 aliphatic heterocycles. The highest BCUT2D eigenvalue weighted by atomic mass is 16.3. The van der Waals surface area contributed by atoms with Gasteiger partial charge in [-0.25, -0.2) is 9.98 Å². The summed E-state index contributed by atoms with van der Waals surface area (Å²) in [5.41, 5.74) is 0.793. The summed E-state index contributed by atoms with van der Waals surface area (Å²) >= 11 is 0. The van der Waals surface area contributed by atoms with Gasteiger partial charge in [-0.1, -0.05) is 0 Å². The summed E-state index contributed by atoms with van der Waals surface area (Å²) in [6.07, 6.45) is 7.45. The van der Waals surface area contributed by atoms with E-state index in [1.165, 1.54) is 0 Å². The molecular weight excluding hydrogens is 268 g/mol. The molecule has 0 unspecified atom stereocenters. The van der Waals surface area contributed by atoms with Gasteiger partial charge in [0.1, 0.15) is 0 Å². The zero-order chi connectivity index (χ0) is 15.1. The molecule has 1 aliphatic rings. The highest BCUT2D eigenvalue weighted by molar-refractivity contribution is 5.96.